The number of rotatable bonds is 7. The second-order valence-electron chi connectivity index (χ2n) is 6.56. The highest BCUT2D eigenvalue weighted by molar-refractivity contribution is 5.88. The molecular formula is C18H29ClN2O3. The second kappa shape index (κ2) is 10.3. The summed E-state index contributed by atoms with van der Waals surface area (Å²) in [6, 6.07) is 5.97. The van der Waals surface area contributed by atoms with Crippen LogP contribution in [0.15, 0.2) is 24.3 Å². The number of aryl methyl sites for hydroxylation is 1. The first-order valence-electron chi connectivity index (χ1n) is 8.03. The summed E-state index contributed by atoms with van der Waals surface area (Å²) in [5.41, 5.74) is 7.82. The van der Waals surface area contributed by atoms with Crippen molar-refractivity contribution < 1.29 is 14.3 Å². The molecule has 0 heterocycles. The largest absolute Gasteiger partial charge is 0.461 e. The Balaban J connectivity index is 0.00000529. The van der Waals surface area contributed by atoms with E-state index in [1.165, 1.54) is 0 Å². The number of carbonyl (C=O) groups excluding carboxylic acids is 2. The predicted molar refractivity (Wildman–Crippen MR) is 98.0 cm³/mol. The average Bonchev–Trinajstić information content (AvgIpc) is 2.45. The highest BCUT2D eigenvalue weighted by Crippen LogP contribution is 2.14. The van der Waals surface area contributed by atoms with Crippen LogP contribution >= 0.6 is 12.4 Å². The van der Waals surface area contributed by atoms with Crippen LogP contribution in [-0.4, -0.2) is 24.0 Å². The number of hydrogen-bond acceptors (Lipinski definition) is 4. The van der Waals surface area contributed by atoms with E-state index < -0.39 is 18.1 Å². The molecular weight excluding hydrogens is 328 g/mol. The lowest BCUT2D eigenvalue weighted by Gasteiger charge is -2.22. The molecule has 0 saturated carbocycles. The molecule has 0 saturated heterocycles. The minimum absolute atomic E-state index is 0. The fraction of sp³-hybridized carbons (Fsp3) is 0.556. The number of hydrogen-bond donors (Lipinski definition) is 2. The Morgan fingerprint density at radius 2 is 1.67 bits per heavy atom. The van der Waals surface area contributed by atoms with Crippen molar-refractivity contribution in [3.05, 3.63) is 35.4 Å². The number of carbonyl (C=O) groups is 2. The van der Waals surface area contributed by atoms with E-state index in [1.54, 1.807) is 13.8 Å². The van der Waals surface area contributed by atoms with E-state index in [9.17, 15) is 9.59 Å². The van der Waals surface area contributed by atoms with Gasteiger partial charge in [-0.2, -0.15) is 0 Å². The molecule has 1 aromatic rings. The third kappa shape index (κ3) is 7.32. The zero-order chi connectivity index (χ0) is 17.6. The molecule has 0 aliphatic carbocycles. The summed E-state index contributed by atoms with van der Waals surface area (Å²) in [6.45, 7) is 9.51. The summed E-state index contributed by atoms with van der Waals surface area (Å²) in [5.74, 6) is -0.547. The van der Waals surface area contributed by atoms with Crippen molar-refractivity contribution >= 4 is 24.3 Å². The summed E-state index contributed by atoms with van der Waals surface area (Å²) in [4.78, 5) is 24.5. The van der Waals surface area contributed by atoms with E-state index >= 15 is 0 Å². The molecule has 136 valence electrons. The number of nitrogens with two attached hydrogens (primary N) is 1. The van der Waals surface area contributed by atoms with Crippen molar-refractivity contribution in [1.29, 1.82) is 0 Å². The maximum Gasteiger partial charge on any atom is 0.328 e. The molecule has 0 bridgehead atoms. The van der Waals surface area contributed by atoms with E-state index in [2.05, 4.69) is 5.32 Å². The van der Waals surface area contributed by atoms with Crippen LogP contribution in [0.25, 0.3) is 0 Å². The first-order chi connectivity index (χ1) is 10.7. The first kappa shape index (κ1) is 22.4. The molecule has 2 atom stereocenters. The predicted octanol–water partition coefficient (Wildman–Crippen LogP) is 2.90. The number of benzene rings is 1. The van der Waals surface area contributed by atoms with Gasteiger partial charge in [-0.05, 0) is 38.7 Å². The van der Waals surface area contributed by atoms with Crippen LogP contribution in [0.5, 0.6) is 0 Å². The van der Waals surface area contributed by atoms with Gasteiger partial charge in [-0.15, -0.1) is 12.4 Å². The maximum atomic E-state index is 12.4. The number of esters is 1. The Hall–Kier alpha value is -1.59. The van der Waals surface area contributed by atoms with Gasteiger partial charge in [-0.25, -0.2) is 4.79 Å². The quantitative estimate of drug-likeness (QED) is 0.736. The molecule has 0 aliphatic rings. The minimum atomic E-state index is -0.808. The summed E-state index contributed by atoms with van der Waals surface area (Å²) in [5, 5.41) is 2.73. The normalized spacial score (nSPS) is 13.2. The molecule has 0 fully saturated rings. The Kier molecular flexibility index (Phi) is 9.63. The monoisotopic (exact) mass is 356 g/mol. The summed E-state index contributed by atoms with van der Waals surface area (Å²) >= 11 is 0. The van der Waals surface area contributed by atoms with Gasteiger partial charge in [0.1, 0.15) is 12.1 Å². The molecule has 5 nitrogen and oxygen atoms in total. The molecule has 0 spiro atoms. The van der Waals surface area contributed by atoms with E-state index in [1.807, 2.05) is 45.0 Å². The zero-order valence-electron chi connectivity index (χ0n) is 15.0. The molecule has 0 aromatic heterocycles. The minimum Gasteiger partial charge on any atom is -0.461 e. The van der Waals surface area contributed by atoms with Crippen molar-refractivity contribution in [2.75, 3.05) is 0 Å². The van der Waals surface area contributed by atoms with Gasteiger partial charge in [0, 0.05) is 0 Å². The van der Waals surface area contributed by atoms with Crippen molar-refractivity contribution in [1.82, 2.24) is 5.32 Å². The highest BCUT2D eigenvalue weighted by atomic mass is 35.5. The first-order valence-corrected chi connectivity index (χ1v) is 8.03. The Morgan fingerprint density at radius 3 is 2.12 bits per heavy atom. The maximum absolute atomic E-state index is 12.4. The van der Waals surface area contributed by atoms with Crippen LogP contribution in [0.2, 0.25) is 0 Å². The highest BCUT2D eigenvalue weighted by Gasteiger charge is 2.26. The van der Waals surface area contributed by atoms with Gasteiger partial charge in [0.2, 0.25) is 5.91 Å². The van der Waals surface area contributed by atoms with Gasteiger partial charge in [-0.1, -0.05) is 43.7 Å². The van der Waals surface area contributed by atoms with Crippen LogP contribution in [0.4, 0.5) is 0 Å². The van der Waals surface area contributed by atoms with Gasteiger partial charge < -0.3 is 15.8 Å². The van der Waals surface area contributed by atoms with Crippen molar-refractivity contribution in [2.24, 2.45) is 11.7 Å². The Morgan fingerprint density at radius 1 is 1.12 bits per heavy atom. The number of halogens is 1. The van der Waals surface area contributed by atoms with E-state index in [4.69, 9.17) is 10.5 Å². The SMILES string of the molecule is Cc1ccc(C(N)C(=O)N[C@@H](CC(C)C)C(=O)OC(C)C)cc1.Cl. The van der Waals surface area contributed by atoms with E-state index in [0.29, 0.717) is 12.0 Å². The molecule has 3 N–H and O–H groups in total. The van der Waals surface area contributed by atoms with Crippen LogP contribution in [-0.2, 0) is 14.3 Å². The summed E-state index contributed by atoms with van der Waals surface area (Å²) in [7, 11) is 0. The lowest BCUT2D eigenvalue weighted by atomic mass is 10.0. The van der Waals surface area contributed by atoms with Gasteiger partial charge in [-0.3, -0.25) is 4.79 Å². The van der Waals surface area contributed by atoms with Crippen LogP contribution in [0.1, 0.15) is 51.3 Å². The molecule has 1 unspecified atom stereocenters. The van der Waals surface area contributed by atoms with Crippen LogP contribution < -0.4 is 11.1 Å². The number of nitrogens with one attached hydrogen (secondary N) is 1. The number of ether oxygens (including phenoxy) is 1. The van der Waals surface area contributed by atoms with Crippen molar-refractivity contribution in [3.63, 3.8) is 0 Å². The van der Waals surface area contributed by atoms with Gasteiger partial charge in [0.15, 0.2) is 0 Å². The van der Waals surface area contributed by atoms with Gasteiger partial charge in [0.25, 0.3) is 0 Å². The summed E-state index contributed by atoms with van der Waals surface area (Å²) < 4.78 is 5.22. The number of amides is 1. The average molecular weight is 357 g/mol. The molecule has 1 aromatic carbocycles. The molecule has 0 aliphatic heterocycles. The topological polar surface area (TPSA) is 81.4 Å². The van der Waals surface area contributed by atoms with Crippen LogP contribution in [0, 0.1) is 12.8 Å². The molecule has 0 radical (unpaired) electrons. The van der Waals surface area contributed by atoms with E-state index in [-0.39, 0.29) is 30.3 Å². The Bertz CT molecular complexity index is 530. The van der Waals surface area contributed by atoms with Crippen molar-refractivity contribution in [3.8, 4) is 0 Å². The Labute approximate surface area is 150 Å². The lowest BCUT2D eigenvalue weighted by molar-refractivity contribution is -0.152. The fourth-order valence-corrected chi connectivity index (χ4v) is 2.19. The third-order valence-corrected chi connectivity index (χ3v) is 3.38. The third-order valence-electron chi connectivity index (χ3n) is 3.38. The smallest absolute Gasteiger partial charge is 0.328 e. The standard InChI is InChI=1S/C18H28N2O3.ClH/c1-11(2)10-15(18(22)23-12(3)4)20-17(21)16(19)14-8-6-13(5)7-9-14;/h6-9,11-12,15-16H,10,19H2,1-5H3,(H,20,21);1H/t15-,16?;/m0./s1. The summed E-state index contributed by atoms with van der Waals surface area (Å²) in [6.07, 6.45) is 0.289. The molecule has 1 rings (SSSR count). The van der Waals surface area contributed by atoms with Crippen molar-refractivity contribution in [2.45, 2.75) is 59.2 Å². The lowest BCUT2D eigenvalue weighted by Crippen LogP contribution is -2.46. The van der Waals surface area contributed by atoms with Gasteiger partial charge >= 0.3 is 5.97 Å². The second-order valence-corrected chi connectivity index (χ2v) is 6.56. The molecule has 24 heavy (non-hydrogen) atoms. The molecule has 6 heteroatoms. The van der Waals surface area contributed by atoms with Gasteiger partial charge in [0.05, 0.1) is 6.10 Å². The zero-order valence-corrected chi connectivity index (χ0v) is 15.9. The van der Waals surface area contributed by atoms with E-state index in [0.717, 1.165) is 5.56 Å². The molecule has 1 amide bonds. The van der Waals surface area contributed by atoms with Crippen LogP contribution in [0.3, 0.4) is 0 Å². The fourth-order valence-electron chi connectivity index (χ4n) is 2.19.